The van der Waals surface area contributed by atoms with E-state index in [9.17, 15) is 19.2 Å². The first-order chi connectivity index (χ1) is 14.5. The summed E-state index contributed by atoms with van der Waals surface area (Å²) < 4.78 is 0. The van der Waals surface area contributed by atoms with Gasteiger partial charge in [-0.2, -0.15) is 0 Å². The molecule has 0 aliphatic rings. The molecule has 7 nitrogen and oxygen atoms in total. The van der Waals surface area contributed by atoms with Crippen molar-refractivity contribution in [1.29, 1.82) is 0 Å². The van der Waals surface area contributed by atoms with Crippen LogP contribution in [0.1, 0.15) is 46.6 Å². The summed E-state index contributed by atoms with van der Waals surface area (Å²) in [5, 5.41) is 7.45. The molecule has 0 aromatic heterocycles. The van der Waals surface area contributed by atoms with Gasteiger partial charge in [0, 0.05) is 20.4 Å². The lowest BCUT2D eigenvalue weighted by Gasteiger charge is -2.26. The first kappa shape index (κ1) is 26.7. The summed E-state index contributed by atoms with van der Waals surface area (Å²) in [6.07, 6.45) is 0.752. The lowest BCUT2D eigenvalue weighted by atomic mass is 10.0. The standard InChI is InChI=1S/C23H35N3O4S/c1-14(2)12-18(26-23(30)20(15(3)4)31-16(5)27)22(29)25-19(21(28)24-6)13-17-10-8-7-9-11-17/h7-11,14-15,18-20H,12-13H2,1-6H3,(H,24,28)(H,25,29)(H,26,30)/t18-,19-,20?/m0/s1. The molecule has 3 atom stereocenters. The maximum absolute atomic E-state index is 13.1. The molecule has 31 heavy (non-hydrogen) atoms. The predicted molar refractivity (Wildman–Crippen MR) is 124 cm³/mol. The average Bonchev–Trinajstić information content (AvgIpc) is 2.70. The van der Waals surface area contributed by atoms with Gasteiger partial charge in [0.25, 0.3) is 0 Å². The number of nitrogens with one attached hydrogen (secondary N) is 3. The van der Waals surface area contributed by atoms with Crippen molar-refractivity contribution in [3.05, 3.63) is 35.9 Å². The fourth-order valence-electron chi connectivity index (χ4n) is 3.13. The Kier molecular flexibility index (Phi) is 11.3. The van der Waals surface area contributed by atoms with Gasteiger partial charge in [-0.1, -0.05) is 69.8 Å². The van der Waals surface area contributed by atoms with Gasteiger partial charge < -0.3 is 16.0 Å². The second-order valence-corrected chi connectivity index (χ2v) is 9.65. The summed E-state index contributed by atoms with van der Waals surface area (Å²) in [7, 11) is 1.52. The highest BCUT2D eigenvalue weighted by Crippen LogP contribution is 2.21. The topological polar surface area (TPSA) is 104 Å². The van der Waals surface area contributed by atoms with Crippen LogP contribution in [0.2, 0.25) is 0 Å². The number of carbonyl (C=O) groups is 4. The average molecular weight is 450 g/mol. The van der Waals surface area contributed by atoms with Crippen LogP contribution in [0.4, 0.5) is 0 Å². The Morgan fingerprint density at radius 1 is 0.871 bits per heavy atom. The minimum atomic E-state index is -0.802. The molecule has 1 rings (SSSR count). The molecular formula is C23H35N3O4S. The Morgan fingerprint density at radius 2 is 1.45 bits per heavy atom. The van der Waals surface area contributed by atoms with E-state index in [1.165, 1.54) is 14.0 Å². The summed E-state index contributed by atoms with van der Waals surface area (Å²) >= 11 is 0.966. The van der Waals surface area contributed by atoms with Crippen molar-refractivity contribution in [1.82, 2.24) is 16.0 Å². The van der Waals surface area contributed by atoms with Crippen molar-refractivity contribution in [2.45, 2.75) is 64.8 Å². The van der Waals surface area contributed by atoms with Crippen LogP contribution in [0.15, 0.2) is 30.3 Å². The number of carbonyl (C=O) groups excluding carboxylic acids is 4. The smallest absolute Gasteiger partial charge is 0.243 e. The van der Waals surface area contributed by atoms with Crippen LogP contribution < -0.4 is 16.0 Å². The Bertz CT molecular complexity index is 752. The van der Waals surface area contributed by atoms with Gasteiger partial charge in [0.05, 0.1) is 5.25 Å². The Labute approximate surface area is 189 Å². The number of hydrogen-bond donors (Lipinski definition) is 3. The fraction of sp³-hybridized carbons (Fsp3) is 0.565. The third-order valence-corrected chi connectivity index (χ3v) is 6.00. The zero-order valence-corrected chi connectivity index (χ0v) is 20.0. The number of hydrogen-bond acceptors (Lipinski definition) is 5. The van der Waals surface area contributed by atoms with Gasteiger partial charge in [0.2, 0.25) is 17.7 Å². The van der Waals surface area contributed by atoms with E-state index < -0.39 is 23.2 Å². The van der Waals surface area contributed by atoms with Gasteiger partial charge in [-0.25, -0.2) is 0 Å². The van der Waals surface area contributed by atoms with Crippen molar-refractivity contribution in [2.75, 3.05) is 7.05 Å². The van der Waals surface area contributed by atoms with Crippen LogP contribution in [0.5, 0.6) is 0 Å². The first-order valence-corrected chi connectivity index (χ1v) is 11.5. The highest BCUT2D eigenvalue weighted by atomic mass is 32.2. The van der Waals surface area contributed by atoms with Crippen LogP contribution >= 0.6 is 11.8 Å². The van der Waals surface area contributed by atoms with Crippen molar-refractivity contribution in [3.8, 4) is 0 Å². The number of benzene rings is 1. The third-order valence-electron chi connectivity index (χ3n) is 4.66. The SMILES string of the molecule is CNC(=O)[C@H](Cc1ccccc1)NC(=O)[C@H](CC(C)C)NC(=O)C(SC(C)=O)C(C)C. The van der Waals surface area contributed by atoms with Gasteiger partial charge in [-0.15, -0.1) is 0 Å². The van der Waals surface area contributed by atoms with Crippen LogP contribution in [-0.4, -0.2) is 47.2 Å². The van der Waals surface area contributed by atoms with E-state index in [-0.39, 0.29) is 28.8 Å². The van der Waals surface area contributed by atoms with E-state index in [1.807, 2.05) is 58.0 Å². The van der Waals surface area contributed by atoms with Crippen molar-refractivity contribution >= 4 is 34.6 Å². The Hall–Kier alpha value is -2.35. The van der Waals surface area contributed by atoms with Crippen molar-refractivity contribution in [3.63, 3.8) is 0 Å². The highest BCUT2D eigenvalue weighted by molar-refractivity contribution is 8.14. The Morgan fingerprint density at radius 3 is 1.94 bits per heavy atom. The molecule has 0 bridgehead atoms. The maximum Gasteiger partial charge on any atom is 0.243 e. The molecule has 1 aromatic rings. The van der Waals surface area contributed by atoms with Crippen molar-refractivity contribution in [2.24, 2.45) is 11.8 Å². The molecule has 0 heterocycles. The minimum absolute atomic E-state index is 0.0756. The number of thioether (sulfide) groups is 1. The molecular weight excluding hydrogens is 414 g/mol. The summed E-state index contributed by atoms with van der Waals surface area (Å²) in [6.45, 7) is 9.05. The van der Waals surface area contributed by atoms with Crippen molar-refractivity contribution < 1.29 is 19.2 Å². The molecule has 1 unspecified atom stereocenters. The van der Waals surface area contributed by atoms with E-state index in [0.29, 0.717) is 12.8 Å². The van der Waals surface area contributed by atoms with E-state index in [1.54, 1.807) is 0 Å². The van der Waals surface area contributed by atoms with Gasteiger partial charge in [0.15, 0.2) is 5.12 Å². The lowest BCUT2D eigenvalue weighted by molar-refractivity contribution is -0.132. The largest absolute Gasteiger partial charge is 0.357 e. The molecule has 0 aliphatic heterocycles. The number of rotatable bonds is 11. The molecule has 0 saturated heterocycles. The molecule has 0 aliphatic carbocycles. The molecule has 0 fully saturated rings. The molecule has 3 N–H and O–H groups in total. The summed E-state index contributed by atoms with van der Waals surface area (Å²) in [5.74, 6) is -1.01. The summed E-state index contributed by atoms with van der Waals surface area (Å²) in [6, 6.07) is 7.85. The second kappa shape index (κ2) is 13.1. The van der Waals surface area contributed by atoms with Crippen LogP contribution in [0.25, 0.3) is 0 Å². The minimum Gasteiger partial charge on any atom is -0.357 e. The van der Waals surface area contributed by atoms with E-state index in [0.717, 1.165) is 17.3 Å². The van der Waals surface area contributed by atoms with Gasteiger partial charge in [-0.3, -0.25) is 19.2 Å². The molecule has 1 aromatic carbocycles. The normalized spacial score (nSPS) is 13.9. The van der Waals surface area contributed by atoms with Crippen LogP contribution in [0.3, 0.4) is 0 Å². The predicted octanol–water partition coefficient (Wildman–Crippen LogP) is 2.30. The van der Waals surface area contributed by atoms with E-state index >= 15 is 0 Å². The lowest BCUT2D eigenvalue weighted by Crippen LogP contribution is -2.55. The molecule has 0 saturated carbocycles. The maximum atomic E-state index is 13.1. The molecule has 172 valence electrons. The quantitative estimate of drug-likeness (QED) is 0.481. The second-order valence-electron chi connectivity index (χ2n) is 8.33. The number of likely N-dealkylation sites (N-methyl/N-ethyl adjacent to an activating group) is 1. The van der Waals surface area contributed by atoms with Gasteiger partial charge in [0.1, 0.15) is 12.1 Å². The van der Waals surface area contributed by atoms with Gasteiger partial charge >= 0.3 is 0 Å². The third kappa shape index (κ3) is 9.55. The van der Waals surface area contributed by atoms with Crippen LogP contribution in [-0.2, 0) is 25.6 Å². The molecule has 0 spiro atoms. The fourth-order valence-corrected chi connectivity index (χ4v) is 3.94. The molecule has 3 amide bonds. The monoisotopic (exact) mass is 449 g/mol. The number of amides is 3. The van der Waals surface area contributed by atoms with Crippen LogP contribution in [0, 0.1) is 11.8 Å². The zero-order chi connectivity index (χ0) is 23.6. The highest BCUT2D eigenvalue weighted by Gasteiger charge is 2.31. The Balaban J connectivity index is 2.99. The first-order valence-electron chi connectivity index (χ1n) is 10.6. The van der Waals surface area contributed by atoms with E-state index in [2.05, 4.69) is 16.0 Å². The molecule has 8 heteroatoms. The van der Waals surface area contributed by atoms with E-state index in [4.69, 9.17) is 0 Å². The van der Waals surface area contributed by atoms with Gasteiger partial charge in [-0.05, 0) is 23.8 Å². The molecule has 0 radical (unpaired) electrons. The zero-order valence-electron chi connectivity index (χ0n) is 19.2. The summed E-state index contributed by atoms with van der Waals surface area (Å²) in [5.41, 5.74) is 0.915. The summed E-state index contributed by atoms with van der Waals surface area (Å²) in [4.78, 5) is 49.8.